The molecule has 0 bridgehead atoms. The van der Waals surface area contributed by atoms with Crippen LogP contribution in [0.3, 0.4) is 0 Å². The van der Waals surface area contributed by atoms with Gasteiger partial charge in [-0.15, -0.1) is 0 Å². The second-order valence-electron chi connectivity index (χ2n) is 5.52. The minimum absolute atomic E-state index is 0.491. The summed E-state index contributed by atoms with van der Waals surface area (Å²) >= 11 is 0. The molecule has 0 aromatic heterocycles. The van der Waals surface area contributed by atoms with Crippen LogP contribution in [-0.4, -0.2) is 16.6 Å². The smallest absolute Gasteiger partial charge is 0.329 e. The number of carboxylic acids is 1. The highest BCUT2D eigenvalue weighted by atomic mass is 16.4. The fourth-order valence-electron chi connectivity index (χ4n) is 2.92. The van der Waals surface area contributed by atoms with Gasteiger partial charge >= 0.3 is 5.97 Å². The van der Waals surface area contributed by atoms with E-state index < -0.39 is 11.5 Å². The second-order valence-corrected chi connectivity index (χ2v) is 5.52. The quantitative estimate of drug-likeness (QED) is 0.881. The number of nitriles is 1. The molecule has 1 aromatic carbocycles. The van der Waals surface area contributed by atoms with Crippen molar-refractivity contribution in [1.82, 2.24) is 0 Å². The number of anilines is 1. The first-order valence-corrected chi connectivity index (χ1v) is 7.12. The Bertz CT molecular complexity index is 526. The summed E-state index contributed by atoms with van der Waals surface area (Å²) in [5, 5.41) is 21.9. The molecule has 0 heterocycles. The fourth-order valence-corrected chi connectivity index (χ4v) is 2.92. The second kappa shape index (κ2) is 5.96. The maximum absolute atomic E-state index is 11.7. The van der Waals surface area contributed by atoms with E-state index in [4.69, 9.17) is 5.26 Å². The molecular formula is C16H20N2O2. The minimum Gasteiger partial charge on any atom is -0.480 e. The van der Waals surface area contributed by atoms with Gasteiger partial charge in [-0.1, -0.05) is 25.5 Å². The van der Waals surface area contributed by atoms with E-state index in [9.17, 15) is 9.90 Å². The summed E-state index contributed by atoms with van der Waals surface area (Å²) in [7, 11) is 0. The topological polar surface area (TPSA) is 73.1 Å². The number of rotatable bonds is 4. The van der Waals surface area contributed by atoms with Crippen LogP contribution >= 0.6 is 0 Å². The molecule has 1 aliphatic carbocycles. The predicted octanol–water partition coefficient (Wildman–Crippen LogP) is 3.39. The Morgan fingerprint density at radius 1 is 1.45 bits per heavy atom. The number of carbonyl (C=O) groups is 1. The molecule has 2 N–H and O–H groups in total. The third-order valence-corrected chi connectivity index (χ3v) is 4.37. The molecule has 2 rings (SSSR count). The summed E-state index contributed by atoms with van der Waals surface area (Å²) in [6, 6.07) is 9.18. The van der Waals surface area contributed by atoms with Gasteiger partial charge in [-0.25, -0.2) is 4.79 Å². The van der Waals surface area contributed by atoms with Crippen LogP contribution in [0.1, 0.15) is 44.6 Å². The molecule has 0 amide bonds. The molecule has 0 unspecified atom stereocenters. The zero-order valence-corrected chi connectivity index (χ0v) is 11.7. The number of nitrogens with zero attached hydrogens (tertiary/aromatic N) is 1. The van der Waals surface area contributed by atoms with Crippen LogP contribution in [0.25, 0.3) is 0 Å². The number of hydrogen-bond donors (Lipinski definition) is 2. The molecule has 0 saturated heterocycles. The van der Waals surface area contributed by atoms with Crippen molar-refractivity contribution >= 4 is 11.7 Å². The van der Waals surface area contributed by atoms with Crippen LogP contribution < -0.4 is 5.32 Å². The molecule has 106 valence electrons. The van der Waals surface area contributed by atoms with E-state index in [-0.39, 0.29) is 0 Å². The zero-order chi connectivity index (χ0) is 14.6. The SMILES string of the molecule is CCC1CCC(Nc2ccccc2C#N)(C(=O)O)CC1. The summed E-state index contributed by atoms with van der Waals surface area (Å²) in [4.78, 5) is 11.7. The minimum atomic E-state index is -0.932. The molecule has 0 radical (unpaired) electrons. The molecule has 1 saturated carbocycles. The summed E-state index contributed by atoms with van der Waals surface area (Å²) in [6.45, 7) is 2.15. The van der Waals surface area contributed by atoms with E-state index >= 15 is 0 Å². The van der Waals surface area contributed by atoms with E-state index in [1.54, 1.807) is 18.2 Å². The zero-order valence-electron chi connectivity index (χ0n) is 11.7. The molecule has 20 heavy (non-hydrogen) atoms. The van der Waals surface area contributed by atoms with Gasteiger partial charge in [0.25, 0.3) is 0 Å². The molecule has 0 atom stereocenters. The number of para-hydroxylation sites is 1. The molecule has 4 heteroatoms. The standard InChI is InChI=1S/C16H20N2O2/c1-2-12-7-9-16(10-8-12,15(19)20)18-14-6-4-3-5-13(14)11-17/h3-6,12,18H,2,7-10H2,1H3,(H,19,20). The van der Waals surface area contributed by atoms with Crippen LogP contribution in [-0.2, 0) is 4.79 Å². The first-order chi connectivity index (χ1) is 9.61. The number of nitrogens with one attached hydrogen (secondary N) is 1. The Morgan fingerprint density at radius 3 is 2.65 bits per heavy atom. The highest BCUT2D eigenvalue weighted by molar-refractivity contribution is 5.83. The summed E-state index contributed by atoms with van der Waals surface area (Å²) in [5.41, 5.74) is 0.177. The van der Waals surface area contributed by atoms with E-state index in [1.807, 2.05) is 6.07 Å². The van der Waals surface area contributed by atoms with Gasteiger partial charge in [0.05, 0.1) is 11.3 Å². The average molecular weight is 272 g/mol. The van der Waals surface area contributed by atoms with Crippen molar-refractivity contribution in [3.8, 4) is 6.07 Å². The van der Waals surface area contributed by atoms with E-state index in [2.05, 4.69) is 18.3 Å². The Morgan fingerprint density at radius 2 is 2.10 bits per heavy atom. The van der Waals surface area contributed by atoms with E-state index in [1.165, 1.54) is 0 Å². The van der Waals surface area contributed by atoms with Crippen LogP contribution in [0.5, 0.6) is 0 Å². The molecule has 0 spiro atoms. The summed E-state index contributed by atoms with van der Waals surface area (Å²) in [5.74, 6) is -0.199. The summed E-state index contributed by atoms with van der Waals surface area (Å²) < 4.78 is 0. The van der Waals surface area contributed by atoms with Gasteiger partial charge in [-0.05, 0) is 43.7 Å². The van der Waals surface area contributed by atoms with Crippen LogP contribution in [0, 0.1) is 17.2 Å². The van der Waals surface area contributed by atoms with Gasteiger partial charge in [-0.2, -0.15) is 5.26 Å². The van der Waals surface area contributed by atoms with Gasteiger partial charge in [-0.3, -0.25) is 0 Å². The summed E-state index contributed by atoms with van der Waals surface area (Å²) in [6.07, 6.45) is 4.17. The Hall–Kier alpha value is -2.02. The van der Waals surface area contributed by atoms with Crippen molar-refractivity contribution in [3.63, 3.8) is 0 Å². The molecule has 1 fully saturated rings. The van der Waals surface area contributed by atoms with Gasteiger partial charge in [0, 0.05) is 0 Å². The lowest BCUT2D eigenvalue weighted by molar-refractivity contribution is -0.143. The molecule has 0 aliphatic heterocycles. The lowest BCUT2D eigenvalue weighted by Gasteiger charge is -2.38. The van der Waals surface area contributed by atoms with Crippen molar-refractivity contribution in [2.24, 2.45) is 5.92 Å². The largest absolute Gasteiger partial charge is 0.480 e. The van der Waals surface area contributed by atoms with E-state index in [0.29, 0.717) is 30.0 Å². The Balaban J connectivity index is 2.23. The monoisotopic (exact) mass is 272 g/mol. The Kier molecular flexibility index (Phi) is 4.29. The van der Waals surface area contributed by atoms with Crippen molar-refractivity contribution in [2.75, 3.05) is 5.32 Å². The normalized spacial score (nSPS) is 25.7. The molecule has 1 aliphatic rings. The molecule has 1 aromatic rings. The predicted molar refractivity (Wildman–Crippen MR) is 77.4 cm³/mol. The van der Waals surface area contributed by atoms with Gasteiger partial charge in [0.1, 0.15) is 11.6 Å². The maximum Gasteiger partial charge on any atom is 0.329 e. The third kappa shape index (κ3) is 2.77. The lowest BCUT2D eigenvalue weighted by Crippen LogP contribution is -2.49. The highest BCUT2D eigenvalue weighted by Crippen LogP contribution is 2.37. The van der Waals surface area contributed by atoms with Crippen molar-refractivity contribution in [2.45, 2.75) is 44.6 Å². The van der Waals surface area contributed by atoms with Crippen molar-refractivity contribution in [1.29, 1.82) is 5.26 Å². The number of hydrogen-bond acceptors (Lipinski definition) is 3. The highest BCUT2D eigenvalue weighted by Gasteiger charge is 2.41. The molecular weight excluding hydrogens is 252 g/mol. The van der Waals surface area contributed by atoms with E-state index in [0.717, 1.165) is 19.3 Å². The van der Waals surface area contributed by atoms with Crippen LogP contribution in [0.4, 0.5) is 5.69 Å². The first-order valence-electron chi connectivity index (χ1n) is 7.12. The van der Waals surface area contributed by atoms with Gasteiger partial charge < -0.3 is 10.4 Å². The van der Waals surface area contributed by atoms with Gasteiger partial charge in [0.15, 0.2) is 0 Å². The van der Waals surface area contributed by atoms with Gasteiger partial charge in [0.2, 0.25) is 0 Å². The lowest BCUT2D eigenvalue weighted by atomic mass is 9.75. The maximum atomic E-state index is 11.7. The third-order valence-electron chi connectivity index (χ3n) is 4.37. The van der Waals surface area contributed by atoms with Crippen LogP contribution in [0.15, 0.2) is 24.3 Å². The molecule has 4 nitrogen and oxygen atoms in total. The van der Waals surface area contributed by atoms with Crippen LogP contribution in [0.2, 0.25) is 0 Å². The Labute approximate surface area is 119 Å². The average Bonchev–Trinajstić information content (AvgIpc) is 2.48. The fraction of sp³-hybridized carbons (Fsp3) is 0.500. The number of benzene rings is 1. The van der Waals surface area contributed by atoms with Crippen molar-refractivity contribution < 1.29 is 9.90 Å². The number of carboxylic acid groups (broad SMARTS) is 1. The number of aliphatic carboxylic acids is 1. The first kappa shape index (κ1) is 14.4. The van der Waals surface area contributed by atoms with Crippen molar-refractivity contribution in [3.05, 3.63) is 29.8 Å².